The van der Waals surface area contributed by atoms with Gasteiger partial charge in [0, 0.05) is 19.1 Å². The summed E-state index contributed by atoms with van der Waals surface area (Å²) in [5, 5.41) is 3.34. The Balaban J connectivity index is 1.76. The zero-order valence-corrected chi connectivity index (χ0v) is 13.3. The summed E-state index contributed by atoms with van der Waals surface area (Å²) in [6.45, 7) is 1.01. The maximum Gasteiger partial charge on any atom is 0.236 e. The molecule has 1 saturated carbocycles. The fourth-order valence-electron chi connectivity index (χ4n) is 2.99. The van der Waals surface area contributed by atoms with Crippen molar-refractivity contribution < 1.29 is 9.21 Å². The van der Waals surface area contributed by atoms with E-state index in [2.05, 4.69) is 17.3 Å². The first kappa shape index (κ1) is 16.0. The van der Waals surface area contributed by atoms with Gasteiger partial charge in [0.1, 0.15) is 5.76 Å². The summed E-state index contributed by atoms with van der Waals surface area (Å²) in [4.78, 5) is 16.2. The third-order valence-electron chi connectivity index (χ3n) is 4.51. The number of furan rings is 1. The molecule has 1 aliphatic carbocycles. The molecule has 2 rings (SSSR count). The Morgan fingerprint density at radius 2 is 2.05 bits per heavy atom. The van der Waals surface area contributed by atoms with Gasteiger partial charge in [-0.25, -0.2) is 0 Å². The van der Waals surface area contributed by atoms with E-state index in [4.69, 9.17) is 4.42 Å². The second-order valence-electron chi connectivity index (χ2n) is 6.04. The van der Waals surface area contributed by atoms with Gasteiger partial charge in [0.05, 0.1) is 19.4 Å². The summed E-state index contributed by atoms with van der Waals surface area (Å²) in [6, 6.07) is 4.91. The zero-order chi connectivity index (χ0) is 15.2. The first-order valence-electron chi connectivity index (χ1n) is 7.74. The van der Waals surface area contributed by atoms with Crippen LogP contribution in [0.3, 0.4) is 0 Å². The molecular weight excluding hydrogens is 266 g/mol. The average Bonchev–Trinajstić information content (AvgIpc) is 3.00. The number of amides is 1. The summed E-state index contributed by atoms with van der Waals surface area (Å²) in [6.07, 6.45) is 6.36. The van der Waals surface area contributed by atoms with Crippen molar-refractivity contribution in [2.24, 2.45) is 0 Å². The van der Waals surface area contributed by atoms with Crippen molar-refractivity contribution >= 4 is 5.91 Å². The summed E-state index contributed by atoms with van der Waals surface area (Å²) < 4.78 is 5.29. The third-order valence-corrected chi connectivity index (χ3v) is 4.51. The Kier molecular flexibility index (Phi) is 5.82. The van der Waals surface area contributed by atoms with E-state index in [1.54, 1.807) is 11.2 Å². The SMILES string of the molecule is CNC1CCC(N(C)CC(=O)N(C)Cc2ccco2)CC1. The summed E-state index contributed by atoms with van der Waals surface area (Å²) >= 11 is 0. The fourth-order valence-corrected chi connectivity index (χ4v) is 2.99. The van der Waals surface area contributed by atoms with Crippen molar-refractivity contribution in [1.29, 1.82) is 0 Å². The van der Waals surface area contributed by atoms with Crippen molar-refractivity contribution in [2.75, 3.05) is 27.7 Å². The highest BCUT2D eigenvalue weighted by Gasteiger charge is 2.25. The number of nitrogens with one attached hydrogen (secondary N) is 1. The molecular formula is C16H27N3O2. The minimum atomic E-state index is 0.143. The molecule has 5 nitrogen and oxygen atoms in total. The lowest BCUT2D eigenvalue weighted by Crippen LogP contribution is -2.44. The second kappa shape index (κ2) is 7.61. The van der Waals surface area contributed by atoms with E-state index in [9.17, 15) is 4.79 Å². The van der Waals surface area contributed by atoms with Gasteiger partial charge in [-0.3, -0.25) is 9.69 Å². The average molecular weight is 293 g/mol. The van der Waals surface area contributed by atoms with Gasteiger partial charge in [0.15, 0.2) is 0 Å². The van der Waals surface area contributed by atoms with Gasteiger partial charge < -0.3 is 14.6 Å². The van der Waals surface area contributed by atoms with Crippen LogP contribution in [0.2, 0.25) is 0 Å². The Labute approximate surface area is 127 Å². The standard InChI is InChI=1S/C16H27N3O2/c1-17-13-6-8-14(9-7-13)18(2)12-16(20)19(3)11-15-5-4-10-21-15/h4-5,10,13-14,17H,6-9,11-12H2,1-3H3. The Morgan fingerprint density at radius 1 is 1.33 bits per heavy atom. The first-order chi connectivity index (χ1) is 10.1. The number of rotatable bonds is 6. The van der Waals surface area contributed by atoms with Gasteiger partial charge in [0.2, 0.25) is 5.91 Å². The minimum Gasteiger partial charge on any atom is -0.467 e. The highest BCUT2D eigenvalue weighted by Crippen LogP contribution is 2.22. The Morgan fingerprint density at radius 3 is 2.62 bits per heavy atom. The molecule has 118 valence electrons. The molecule has 1 N–H and O–H groups in total. The molecule has 1 aliphatic rings. The molecule has 0 spiro atoms. The van der Waals surface area contributed by atoms with Gasteiger partial charge in [-0.1, -0.05) is 0 Å². The van der Waals surface area contributed by atoms with Crippen LogP contribution in [0.25, 0.3) is 0 Å². The van der Waals surface area contributed by atoms with Crippen LogP contribution in [-0.4, -0.2) is 55.5 Å². The fraction of sp³-hybridized carbons (Fsp3) is 0.688. The van der Waals surface area contributed by atoms with E-state index in [1.807, 2.05) is 26.2 Å². The molecule has 1 amide bonds. The zero-order valence-electron chi connectivity index (χ0n) is 13.3. The van der Waals surface area contributed by atoms with E-state index in [0.29, 0.717) is 25.2 Å². The van der Waals surface area contributed by atoms with Crippen molar-refractivity contribution in [3.8, 4) is 0 Å². The molecule has 0 aliphatic heterocycles. The number of carbonyl (C=O) groups is 1. The van der Waals surface area contributed by atoms with E-state index in [1.165, 1.54) is 12.8 Å². The van der Waals surface area contributed by atoms with Crippen LogP contribution >= 0.6 is 0 Å². The molecule has 21 heavy (non-hydrogen) atoms. The van der Waals surface area contributed by atoms with Crippen molar-refractivity contribution in [2.45, 2.75) is 44.3 Å². The molecule has 0 atom stereocenters. The maximum atomic E-state index is 12.3. The van der Waals surface area contributed by atoms with Crippen LogP contribution in [0.5, 0.6) is 0 Å². The van der Waals surface area contributed by atoms with Gasteiger partial charge in [-0.15, -0.1) is 0 Å². The Bertz CT molecular complexity index is 425. The van der Waals surface area contributed by atoms with Crippen LogP contribution in [-0.2, 0) is 11.3 Å². The van der Waals surface area contributed by atoms with Crippen LogP contribution in [0.1, 0.15) is 31.4 Å². The van der Waals surface area contributed by atoms with E-state index in [0.717, 1.165) is 18.6 Å². The molecule has 0 bridgehead atoms. The van der Waals surface area contributed by atoms with Gasteiger partial charge in [-0.05, 0) is 51.9 Å². The van der Waals surface area contributed by atoms with E-state index in [-0.39, 0.29) is 5.91 Å². The number of likely N-dealkylation sites (N-methyl/N-ethyl adjacent to an activating group) is 2. The summed E-state index contributed by atoms with van der Waals surface area (Å²) in [5.41, 5.74) is 0. The lowest BCUT2D eigenvalue weighted by atomic mass is 9.90. The summed E-state index contributed by atoms with van der Waals surface area (Å²) in [7, 11) is 5.92. The van der Waals surface area contributed by atoms with Gasteiger partial charge >= 0.3 is 0 Å². The molecule has 0 radical (unpaired) electrons. The molecule has 1 fully saturated rings. The minimum absolute atomic E-state index is 0.143. The molecule has 0 aromatic carbocycles. The normalized spacial score (nSPS) is 22.5. The topological polar surface area (TPSA) is 48.7 Å². The molecule has 1 aromatic heterocycles. The first-order valence-corrected chi connectivity index (χ1v) is 7.74. The number of nitrogens with zero attached hydrogens (tertiary/aromatic N) is 2. The van der Waals surface area contributed by atoms with E-state index < -0.39 is 0 Å². The lowest BCUT2D eigenvalue weighted by Gasteiger charge is -2.34. The molecule has 0 unspecified atom stereocenters. The van der Waals surface area contributed by atoms with Crippen LogP contribution in [0.15, 0.2) is 22.8 Å². The highest BCUT2D eigenvalue weighted by molar-refractivity contribution is 5.77. The predicted molar refractivity (Wildman–Crippen MR) is 82.9 cm³/mol. The third kappa shape index (κ3) is 4.58. The smallest absolute Gasteiger partial charge is 0.236 e. The number of carbonyl (C=O) groups excluding carboxylic acids is 1. The summed E-state index contributed by atoms with van der Waals surface area (Å²) in [5.74, 6) is 0.965. The van der Waals surface area contributed by atoms with Crippen molar-refractivity contribution in [3.05, 3.63) is 24.2 Å². The number of hydrogen-bond acceptors (Lipinski definition) is 4. The van der Waals surface area contributed by atoms with E-state index >= 15 is 0 Å². The van der Waals surface area contributed by atoms with Crippen LogP contribution < -0.4 is 5.32 Å². The molecule has 0 saturated heterocycles. The molecule has 5 heteroatoms. The van der Waals surface area contributed by atoms with Crippen LogP contribution in [0.4, 0.5) is 0 Å². The van der Waals surface area contributed by atoms with Crippen LogP contribution in [0, 0.1) is 0 Å². The quantitative estimate of drug-likeness (QED) is 0.867. The van der Waals surface area contributed by atoms with Gasteiger partial charge in [-0.2, -0.15) is 0 Å². The van der Waals surface area contributed by atoms with Gasteiger partial charge in [0.25, 0.3) is 0 Å². The second-order valence-corrected chi connectivity index (χ2v) is 6.04. The predicted octanol–water partition coefficient (Wildman–Crippen LogP) is 1.70. The lowest BCUT2D eigenvalue weighted by molar-refractivity contribution is -0.132. The highest BCUT2D eigenvalue weighted by atomic mass is 16.3. The maximum absolute atomic E-state index is 12.3. The molecule has 1 heterocycles. The Hall–Kier alpha value is -1.33. The largest absolute Gasteiger partial charge is 0.467 e. The van der Waals surface area contributed by atoms with Crippen molar-refractivity contribution in [1.82, 2.24) is 15.1 Å². The number of hydrogen-bond donors (Lipinski definition) is 1. The molecule has 1 aromatic rings. The monoisotopic (exact) mass is 293 g/mol. The van der Waals surface area contributed by atoms with Crippen molar-refractivity contribution in [3.63, 3.8) is 0 Å².